The second kappa shape index (κ2) is 4.70. The Bertz CT molecular complexity index is 535. The van der Waals surface area contributed by atoms with Gasteiger partial charge in [0.15, 0.2) is 0 Å². The van der Waals surface area contributed by atoms with E-state index in [0.717, 1.165) is 16.7 Å². The summed E-state index contributed by atoms with van der Waals surface area (Å²) in [6, 6.07) is 15.4. The first-order valence-electron chi connectivity index (χ1n) is 5.31. The van der Waals surface area contributed by atoms with Gasteiger partial charge in [-0.15, -0.1) is 0 Å². The second-order valence-corrected chi connectivity index (χ2v) is 3.81. The van der Waals surface area contributed by atoms with E-state index in [0.29, 0.717) is 5.69 Å². The number of rotatable bonds is 2. The van der Waals surface area contributed by atoms with E-state index in [1.165, 1.54) is 0 Å². The molecule has 0 heterocycles. The van der Waals surface area contributed by atoms with Crippen LogP contribution in [0.1, 0.15) is 5.56 Å². The second-order valence-electron chi connectivity index (χ2n) is 3.81. The van der Waals surface area contributed by atoms with Gasteiger partial charge < -0.3 is 15.2 Å². The molecular formula is C14H12NO2-. The monoisotopic (exact) mass is 226 g/mol. The van der Waals surface area contributed by atoms with Crippen LogP contribution >= 0.6 is 0 Å². The molecule has 0 aliphatic rings. The van der Waals surface area contributed by atoms with Crippen molar-refractivity contribution in [2.75, 3.05) is 5.32 Å². The molecule has 1 N–H and O–H groups in total. The number of nitrogens with one attached hydrogen (secondary N) is 1. The van der Waals surface area contributed by atoms with Crippen LogP contribution in [-0.4, -0.2) is 6.09 Å². The first-order valence-corrected chi connectivity index (χ1v) is 5.31. The molecule has 2 aromatic rings. The normalized spacial score (nSPS) is 9.94. The summed E-state index contributed by atoms with van der Waals surface area (Å²) in [5.41, 5.74) is 3.75. The Hall–Kier alpha value is -2.29. The summed E-state index contributed by atoms with van der Waals surface area (Å²) in [4.78, 5) is 10.4. The van der Waals surface area contributed by atoms with Crippen LogP contribution < -0.4 is 10.4 Å². The molecule has 0 radical (unpaired) electrons. The van der Waals surface area contributed by atoms with Crippen molar-refractivity contribution in [2.45, 2.75) is 6.92 Å². The summed E-state index contributed by atoms with van der Waals surface area (Å²) >= 11 is 0. The maximum absolute atomic E-state index is 10.4. The van der Waals surface area contributed by atoms with E-state index in [4.69, 9.17) is 0 Å². The third-order valence-corrected chi connectivity index (χ3v) is 2.56. The Morgan fingerprint density at radius 1 is 1.12 bits per heavy atom. The van der Waals surface area contributed by atoms with Crippen molar-refractivity contribution in [3.8, 4) is 11.1 Å². The van der Waals surface area contributed by atoms with Crippen molar-refractivity contribution in [1.29, 1.82) is 0 Å². The first kappa shape index (κ1) is 11.2. The fourth-order valence-electron chi connectivity index (χ4n) is 1.80. The van der Waals surface area contributed by atoms with Gasteiger partial charge in [-0.1, -0.05) is 36.4 Å². The van der Waals surface area contributed by atoms with Gasteiger partial charge in [0, 0.05) is 5.69 Å². The zero-order chi connectivity index (χ0) is 12.3. The summed E-state index contributed by atoms with van der Waals surface area (Å²) in [7, 11) is 0. The molecule has 3 heteroatoms. The molecular weight excluding hydrogens is 214 g/mol. The van der Waals surface area contributed by atoms with E-state index in [1.54, 1.807) is 12.1 Å². The van der Waals surface area contributed by atoms with Crippen LogP contribution in [0.3, 0.4) is 0 Å². The zero-order valence-electron chi connectivity index (χ0n) is 9.44. The lowest BCUT2D eigenvalue weighted by molar-refractivity contribution is -0.242. The fraction of sp³-hybridized carbons (Fsp3) is 0.0714. The number of amides is 1. The lowest BCUT2D eigenvalue weighted by Crippen LogP contribution is -2.28. The number of hydrogen-bond acceptors (Lipinski definition) is 2. The van der Waals surface area contributed by atoms with Gasteiger partial charge in [0.2, 0.25) is 0 Å². The number of hydrogen-bond donors (Lipinski definition) is 1. The minimum atomic E-state index is -1.29. The Morgan fingerprint density at radius 3 is 2.41 bits per heavy atom. The molecule has 0 unspecified atom stereocenters. The molecule has 0 aliphatic carbocycles. The quantitative estimate of drug-likeness (QED) is 0.854. The predicted octanol–water partition coefficient (Wildman–Crippen LogP) is 2.42. The van der Waals surface area contributed by atoms with Crippen molar-refractivity contribution in [3.05, 3.63) is 54.1 Å². The molecule has 0 spiro atoms. The third-order valence-electron chi connectivity index (χ3n) is 2.56. The first-order chi connectivity index (χ1) is 8.16. The number of carbonyl (C=O) groups excluding carboxylic acids is 1. The van der Waals surface area contributed by atoms with Crippen molar-refractivity contribution in [1.82, 2.24) is 0 Å². The van der Waals surface area contributed by atoms with Gasteiger partial charge in [-0.3, -0.25) is 0 Å². The van der Waals surface area contributed by atoms with Crippen LogP contribution in [0, 0.1) is 6.92 Å². The van der Waals surface area contributed by atoms with Crippen LogP contribution in [0.15, 0.2) is 48.5 Å². The van der Waals surface area contributed by atoms with E-state index in [1.807, 2.05) is 43.3 Å². The maximum atomic E-state index is 10.4. The number of carboxylic acid groups (broad SMARTS) is 1. The van der Waals surface area contributed by atoms with E-state index in [2.05, 4.69) is 5.32 Å². The molecule has 1 amide bonds. The number of aryl methyl sites for hydroxylation is 1. The van der Waals surface area contributed by atoms with E-state index in [9.17, 15) is 9.90 Å². The highest BCUT2D eigenvalue weighted by molar-refractivity contribution is 5.82. The SMILES string of the molecule is Cc1cc(NC(=O)[O-])ccc1-c1ccccc1. The topological polar surface area (TPSA) is 52.2 Å². The summed E-state index contributed by atoms with van der Waals surface area (Å²) in [6.07, 6.45) is -1.29. The van der Waals surface area contributed by atoms with Crippen molar-refractivity contribution in [2.24, 2.45) is 0 Å². The molecule has 0 saturated carbocycles. The van der Waals surface area contributed by atoms with Gasteiger partial charge in [-0.05, 0) is 35.7 Å². The Kier molecular flexibility index (Phi) is 3.10. The van der Waals surface area contributed by atoms with E-state index in [-0.39, 0.29) is 0 Å². The van der Waals surface area contributed by atoms with Crippen molar-refractivity contribution < 1.29 is 9.90 Å². The van der Waals surface area contributed by atoms with Crippen LogP contribution in [-0.2, 0) is 0 Å². The molecule has 2 aromatic carbocycles. The van der Waals surface area contributed by atoms with Crippen LogP contribution in [0.5, 0.6) is 0 Å². The molecule has 2 rings (SSSR count). The molecule has 0 fully saturated rings. The molecule has 0 aliphatic heterocycles. The fourth-order valence-corrected chi connectivity index (χ4v) is 1.80. The van der Waals surface area contributed by atoms with E-state index >= 15 is 0 Å². The summed E-state index contributed by atoms with van der Waals surface area (Å²) in [6.45, 7) is 1.95. The summed E-state index contributed by atoms with van der Waals surface area (Å²) in [5, 5.41) is 12.6. The largest absolute Gasteiger partial charge is 0.530 e. The van der Waals surface area contributed by atoms with Crippen LogP contribution in [0.4, 0.5) is 10.5 Å². The van der Waals surface area contributed by atoms with Gasteiger partial charge in [0.25, 0.3) is 0 Å². The average molecular weight is 226 g/mol. The summed E-state index contributed by atoms with van der Waals surface area (Å²) < 4.78 is 0. The smallest absolute Gasteiger partial charge is 0.138 e. The number of anilines is 1. The average Bonchev–Trinajstić information content (AvgIpc) is 2.29. The molecule has 0 saturated heterocycles. The lowest BCUT2D eigenvalue weighted by atomic mass is 10.0. The number of carbonyl (C=O) groups is 1. The van der Waals surface area contributed by atoms with E-state index < -0.39 is 6.09 Å². The molecule has 86 valence electrons. The highest BCUT2D eigenvalue weighted by atomic mass is 16.4. The molecule has 17 heavy (non-hydrogen) atoms. The Balaban J connectivity index is 2.35. The third kappa shape index (κ3) is 2.64. The Labute approximate surface area is 99.7 Å². The molecule has 0 bridgehead atoms. The van der Waals surface area contributed by atoms with Crippen LogP contribution in [0.2, 0.25) is 0 Å². The van der Waals surface area contributed by atoms with Gasteiger partial charge >= 0.3 is 0 Å². The van der Waals surface area contributed by atoms with Gasteiger partial charge in [0.05, 0.1) is 0 Å². The highest BCUT2D eigenvalue weighted by Gasteiger charge is 2.02. The highest BCUT2D eigenvalue weighted by Crippen LogP contribution is 2.25. The minimum Gasteiger partial charge on any atom is -0.530 e. The summed E-state index contributed by atoms with van der Waals surface area (Å²) in [5.74, 6) is 0. The lowest BCUT2D eigenvalue weighted by Gasteiger charge is -2.10. The molecule has 0 aromatic heterocycles. The maximum Gasteiger partial charge on any atom is 0.138 e. The van der Waals surface area contributed by atoms with Crippen LogP contribution in [0.25, 0.3) is 11.1 Å². The molecule has 3 nitrogen and oxygen atoms in total. The van der Waals surface area contributed by atoms with Crippen molar-refractivity contribution in [3.63, 3.8) is 0 Å². The number of benzene rings is 2. The standard InChI is InChI=1S/C14H13NO2/c1-10-9-12(15-14(16)17)7-8-13(10)11-5-3-2-4-6-11/h2-9,15H,1H3,(H,16,17)/p-1. The van der Waals surface area contributed by atoms with Crippen molar-refractivity contribution >= 4 is 11.8 Å². The van der Waals surface area contributed by atoms with Gasteiger partial charge in [0.1, 0.15) is 6.09 Å². The Morgan fingerprint density at radius 2 is 1.82 bits per heavy atom. The minimum absolute atomic E-state index is 0.530. The predicted molar refractivity (Wildman–Crippen MR) is 65.6 cm³/mol. The van der Waals surface area contributed by atoms with Gasteiger partial charge in [-0.25, -0.2) is 0 Å². The zero-order valence-corrected chi connectivity index (χ0v) is 9.44. The van der Waals surface area contributed by atoms with Gasteiger partial charge in [-0.2, -0.15) is 0 Å². The molecule has 0 atom stereocenters.